The van der Waals surface area contributed by atoms with E-state index in [0.29, 0.717) is 0 Å². The lowest BCUT2D eigenvalue weighted by molar-refractivity contribution is 0.461. The molecule has 0 bridgehead atoms. The summed E-state index contributed by atoms with van der Waals surface area (Å²) in [6.07, 6.45) is 1.83. The molecule has 0 aromatic carbocycles. The molecule has 2 rings (SSSR count). The van der Waals surface area contributed by atoms with Crippen molar-refractivity contribution in [2.24, 2.45) is 4.99 Å². The Balaban J connectivity index is 2.06. The first-order valence-electron chi connectivity index (χ1n) is 4.38. The summed E-state index contributed by atoms with van der Waals surface area (Å²) in [5.41, 5.74) is 0. The van der Waals surface area contributed by atoms with Crippen molar-refractivity contribution in [1.82, 2.24) is 4.90 Å². The van der Waals surface area contributed by atoms with Crippen molar-refractivity contribution in [2.75, 3.05) is 12.3 Å². The molecule has 2 heterocycles. The summed E-state index contributed by atoms with van der Waals surface area (Å²) < 4.78 is 0.802. The predicted octanol–water partition coefficient (Wildman–Crippen LogP) is 2.79. The van der Waals surface area contributed by atoms with Crippen LogP contribution in [0.5, 0.6) is 0 Å². The van der Waals surface area contributed by atoms with Gasteiger partial charge in [-0.2, -0.15) is 5.26 Å². The minimum absolute atomic E-state index is 0.797. The molecule has 1 aliphatic rings. The minimum Gasteiger partial charge on any atom is -0.345 e. The molecule has 1 aromatic heterocycles. The molecule has 1 aliphatic heterocycles. The van der Waals surface area contributed by atoms with Crippen LogP contribution in [0, 0.1) is 11.5 Å². The van der Waals surface area contributed by atoms with Crippen molar-refractivity contribution >= 4 is 39.9 Å². The van der Waals surface area contributed by atoms with Gasteiger partial charge in [0.25, 0.3) is 0 Å². The number of thiophene rings is 1. The van der Waals surface area contributed by atoms with Crippen molar-refractivity contribution in [1.29, 1.82) is 5.26 Å². The molecule has 1 fully saturated rings. The summed E-state index contributed by atoms with van der Waals surface area (Å²) in [7, 11) is 0. The van der Waals surface area contributed by atoms with Gasteiger partial charge in [-0.25, -0.2) is 0 Å². The van der Waals surface area contributed by atoms with E-state index in [1.165, 1.54) is 4.88 Å². The molecule has 15 heavy (non-hydrogen) atoms. The van der Waals surface area contributed by atoms with Gasteiger partial charge in [-0.3, -0.25) is 0 Å². The third-order valence-corrected chi connectivity index (χ3v) is 4.19. The molecule has 6 heteroatoms. The molecule has 78 valence electrons. The Bertz CT molecular complexity index is 421. The van der Waals surface area contributed by atoms with Crippen molar-refractivity contribution in [3.63, 3.8) is 0 Å². The van der Waals surface area contributed by atoms with Crippen molar-refractivity contribution < 1.29 is 0 Å². The highest BCUT2D eigenvalue weighted by atomic mass is 35.5. The van der Waals surface area contributed by atoms with Crippen LogP contribution >= 0.6 is 34.7 Å². The Morgan fingerprint density at radius 1 is 1.60 bits per heavy atom. The van der Waals surface area contributed by atoms with Crippen molar-refractivity contribution in [3.8, 4) is 6.19 Å². The lowest BCUT2D eigenvalue weighted by atomic mass is 10.4. The van der Waals surface area contributed by atoms with Crippen molar-refractivity contribution in [2.45, 2.75) is 6.54 Å². The molecule has 1 saturated heterocycles. The minimum atomic E-state index is 0.797. The van der Waals surface area contributed by atoms with Crippen LogP contribution in [0.1, 0.15) is 4.88 Å². The van der Waals surface area contributed by atoms with E-state index in [1.807, 2.05) is 18.3 Å². The van der Waals surface area contributed by atoms with E-state index in [2.05, 4.69) is 9.89 Å². The van der Waals surface area contributed by atoms with Gasteiger partial charge >= 0.3 is 0 Å². The Morgan fingerprint density at radius 3 is 3.13 bits per heavy atom. The molecule has 0 N–H and O–H groups in total. The summed E-state index contributed by atoms with van der Waals surface area (Å²) in [5, 5.41) is 9.34. The van der Waals surface area contributed by atoms with E-state index in [-0.39, 0.29) is 0 Å². The first-order valence-corrected chi connectivity index (χ1v) is 6.56. The van der Waals surface area contributed by atoms with E-state index in [4.69, 9.17) is 16.9 Å². The number of hydrogen-bond acceptors (Lipinski definition) is 4. The monoisotopic (exact) mass is 257 g/mol. The smallest absolute Gasteiger partial charge is 0.208 e. The third-order valence-electron chi connectivity index (χ3n) is 1.98. The normalized spacial score (nSPS) is 18.4. The topological polar surface area (TPSA) is 39.4 Å². The molecule has 0 atom stereocenters. The molecule has 0 aliphatic carbocycles. The number of thioether (sulfide) groups is 1. The lowest BCUT2D eigenvalue weighted by Gasteiger charge is -2.15. The summed E-state index contributed by atoms with van der Waals surface area (Å²) >= 11 is 9.05. The van der Waals surface area contributed by atoms with Crippen LogP contribution in [-0.2, 0) is 6.54 Å². The van der Waals surface area contributed by atoms with Gasteiger partial charge < -0.3 is 4.90 Å². The quantitative estimate of drug-likeness (QED) is 0.765. The van der Waals surface area contributed by atoms with Crippen molar-refractivity contribution in [3.05, 3.63) is 21.3 Å². The number of hydrogen-bond donors (Lipinski definition) is 0. The highest BCUT2D eigenvalue weighted by Crippen LogP contribution is 2.26. The van der Waals surface area contributed by atoms with E-state index >= 15 is 0 Å². The van der Waals surface area contributed by atoms with Gasteiger partial charge in [-0.1, -0.05) is 23.4 Å². The van der Waals surface area contributed by atoms with Crippen LogP contribution < -0.4 is 0 Å². The number of rotatable bonds is 2. The fraction of sp³-hybridized carbons (Fsp3) is 0.333. The first kappa shape index (κ1) is 10.8. The second-order valence-corrected chi connectivity index (χ2v) is 5.83. The van der Waals surface area contributed by atoms with E-state index in [0.717, 1.165) is 28.3 Å². The third kappa shape index (κ3) is 2.65. The van der Waals surface area contributed by atoms with Gasteiger partial charge in [0, 0.05) is 17.2 Å². The van der Waals surface area contributed by atoms with Crippen LogP contribution in [0.2, 0.25) is 4.34 Å². The highest BCUT2D eigenvalue weighted by molar-refractivity contribution is 8.14. The highest BCUT2D eigenvalue weighted by Gasteiger charge is 2.19. The number of aliphatic imine (C=N–C) groups is 1. The van der Waals surface area contributed by atoms with Crippen LogP contribution in [0.3, 0.4) is 0 Å². The Morgan fingerprint density at radius 2 is 2.47 bits per heavy atom. The molecule has 3 nitrogen and oxygen atoms in total. The molecule has 0 amide bonds. The lowest BCUT2D eigenvalue weighted by Crippen LogP contribution is -2.23. The summed E-state index contributed by atoms with van der Waals surface area (Å²) in [5.74, 6) is 1.000. The van der Waals surface area contributed by atoms with E-state index < -0.39 is 0 Å². The van der Waals surface area contributed by atoms with Crippen LogP contribution in [0.4, 0.5) is 0 Å². The van der Waals surface area contributed by atoms with Gasteiger partial charge in [-0.05, 0) is 12.1 Å². The maximum Gasteiger partial charge on any atom is 0.208 e. The molecular formula is C9H8ClN3S2. The average molecular weight is 258 g/mol. The van der Waals surface area contributed by atoms with Gasteiger partial charge in [-0.15, -0.1) is 16.3 Å². The van der Waals surface area contributed by atoms with Gasteiger partial charge in [0.2, 0.25) is 6.19 Å². The maximum absolute atomic E-state index is 8.52. The zero-order valence-electron chi connectivity index (χ0n) is 7.81. The molecule has 0 unspecified atom stereocenters. The number of amidine groups is 1. The van der Waals surface area contributed by atoms with E-state index in [1.54, 1.807) is 23.1 Å². The average Bonchev–Trinajstić information content (AvgIpc) is 2.78. The Hall–Kier alpha value is -0.700. The second-order valence-electron chi connectivity index (χ2n) is 2.97. The maximum atomic E-state index is 8.52. The molecule has 0 radical (unpaired) electrons. The SMILES string of the molecule is N#CN=C1SCCN1Cc1ccc(Cl)s1. The standard InChI is InChI=1S/C9H8ClN3S2/c10-8-2-1-7(15-8)5-13-3-4-14-9(13)12-6-11/h1-2H,3-5H2. The zero-order chi connectivity index (χ0) is 10.7. The summed E-state index contributed by atoms with van der Waals surface area (Å²) in [6, 6.07) is 3.91. The van der Waals surface area contributed by atoms with E-state index in [9.17, 15) is 0 Å². The number of nitriles is 1. The largest absolute Gasteiger partial charge is 0.345 e. The number of nitrogens with zero attached hydrogens (tertiary/aromatic N) is 3. The summed E-state index contributed by atoms with van der Waals surface area (Å²) in [6.45, 7) is 1.74. The van der Waals surface area contributed by atoms with Crippen LogP contribution in [0.15, 0.2) is 17.1 Å². The van der Waals surface area contributed by atoms with Crippen LogP contribution in [-0.4, -0.2) is 22.4 Å². The van der Waals surface area contributed by atoms with Gasteiger partial charge in [0.15, 0.2) is 5.17 Å². The first-order chi connectivity index (χ1) is 7.29. The van der Waals surface area contributed by atoms with Crippen LogP contribution in [0.25, 0.3) is 0 Å². The molecular weight excluding hydrogens is 250 g/mol. The molecule has 0 spiro atoms. The molecule has 0 saturated carbocycles. The second kappa shape index (κ2) is 4.88. The zero-order valence-corrected chi connectivity index (χ0v) is 10.2. The summed E-state index contributed by atoms with van der Waals surface area (Å²) in [4.78, 5) is 7.10. The Labute approximate surface area is 101 Å². The number of halogens is 1. The Kier molecular flexibility index (Phi) is 3.52. The van der Waals surface area contributed by atoms with Gasteiger partial charge in [0.05, 0.1) is 10.9 Å². The fourth-order valence-electron chi connectivity index (χ4n) is 1.35. The predicted molar refractivity (Wildman–Crippen MR) is 65.2 cm³/mol. The molecule has 1 aromatic rings. The fourth-order valence-corrected chi connectivity index (χ4v) is 3.39. The van der Waals surface area contributed by atoms with Gasteiger partial charge in [0.1, 0.15) is 0 Å².